The summed E-state index contributed by atoms with van der Waals surface area (Å²) in [6.45, 7) is 1.69. The van der Waals surface area contributed by atoms with Crippen LogP contribution in [0.25, 0.3) is 0 Å². The molecular weight excluding hydrogens is 397 g/mol. The van der Waals surface area contributed by atoms with Gasteiger partial charge in [-0.15, -0.1) is 13.2 Å². The number of hydrogen-bond donors (Lipinski definition) is 1. The van der Waals surface area contributed by atoms with Gasteiger partial charge in [-0.05, 0) is 54.8 Å². The van der Waals surface area contributed by atoms with E-state index in [4.69, 9.17) is 4.74 Å². The van der Waals surface area contributed by atoms with Crippen LogP contribution in [0.3, 0.4) is 0 Å². The van der Waals surface area contributed by atoms with Gasteiger partial charge in [0.1, 0.15) is 11.5 Å². The van der Waals surface area contributed by atoms with Crippen LogP contribution in [0.4, 0.5) is 13.2 Å². The van der Waals surface area contributed by atoms with Crippen molar-refractivity contribution in [3.05, 3.63) is 59.7 Å². The summed E-state index contributed by atoms with van der Waals surface area (Å²) in [4.78, 5) is 14.1. The van der Waals surface area contributed by atoms with Gasteiger partial charge in [-0.25, -0.2) is 0 Å². The number of nitrogens with zero attached hydrogens (tertiary/aromatic N) is 1. The Kier molecular flexibility index (Phi) is 7.20. The molecule has 1 heterocycles. The molecule has 8 heteroatoms. The number of carbonyl (C=O) groups excluding carboxylic acids is 1. The maximum Gasteiger partial charge on any atom is 0.573 e. The highest BCUT2D eigenvalue weighted by molar-refractivity contribution is 5.78. The largest absolute Gasteiger partial charge is 0.573 e. The summed E-state index contributed by atoms with van der Waals surface area (Å²) in [6.07, 6.45) is -2.76. The number of amides is 1. The Hall–Kier alpha value is -2.74. The number of halogens is 3. The molecule has 1 saturated heterocycles. The molecule has 0 saturated carbocycles. The van der Waals surface area contributed by atoms with E-state index in [1.54, 1.807) is 18.1 Å². The maximum absolute atomic E-state index is 12.4. The molecule has 1 atom stereocenters. The standard InChI is InChI=1S/C22H25F3N2O3/c1-29-19-6-2-4-16(12-19)14-26-11-10-18-8-9-21(28)27(18)15-17-5-3-7-20(13-17)30-22(23,24)25/h2-7,12-13,18,26H,8-11,14-15H2,1H3/t18-/m0/s1. The van der Waals surface area contributed by atoms with E-state index in [-0.39, 0.29) is 24.2 Å². The highest BCUT2D eigenvalue weighted by Gasteiger charge is 2.32. The molecule has 1 aliphatic heterocycles. The summed E-state index contributed by atoms with van der Waals surface area (Å²) in [5.41, 5.74) is 1.72. The number of hydrogen-bond acceptors (Lipinski definition) is 4. The van der Waals surface area contributed by atoms with Gasteiger partial charge in [-0.2, -0.15) is 0 Å². The van der Waals surface area contributed by atoms with Gasteiger partial charge in [0.05, 0.1) is 7.11 Å². The van der Waals surface area contributed by atoms with E-state index >= 15 is 0 Å². The molecule has 1 aliphatic rings. The summed E-state index contributed by atoms with van der Waals surface area (Å²) in [7, 11) is 1.63. The lowest BCUT2D eigenvalue weighted by molar-refractivity contribution is -0.274. The molecule has 0 unspecified atom stereocenters. The second-order valence-electron chi connectivity index (χ2n) is 7.23. The van der Waals surface area contributed by atoms with Crippen LogP contribution in [-0.4, -0.2) is 36.9 Å². The lowest BCUT2D eigenvalue weighted by Crippen LogP contribution is -2.34. The maximum atomic E-state index is 12.4. The lowest BCUT2D eigenvalue weighted by Gasteiger charge is -2.25. The molecule has 0 radical (unpaired) electrons. The monoisotopic (exact) mass is 422 g/mol. The first-order valence-corrected chi connectivity index (χ1v) is 9.82. The first-order valence-electron chi connectivity index (χ1n) is 9.82. The predicted molar refractivity (Wildman–Crippen MR) is 106 cm³/mol. The Morgan fingerprint density at radius 1 is 1.10 bits per heavy atom. The number of rotatable bonds is 9. The zero-order valence-electron chi connectivity index (χ0n) is 16.7. The Labute approximate surface area is 173 Å². The number of nitrogens with one attached hydrogen (secondary N) is 1. The summed E-state index contributed by atoms with van der Waals surface area (Å²) in [5, 5.41) is 3.38. The topological polar surface area (TPSA) is 50.8 Å². The molecular formula is C22H25F3N2O3. The van der Waals surface area contributed by atoms with Gasteiger partial charge in [-0.1, -0.05) is 24.3 Å². The number of benzene rings is 2. The summed E-state index contributed by atoms with van der Waals surface area (Å²) >= 11 is 0. The molecule has 30 heavy (non-hydrogen) atoms. The number of methoxy groups -OCH3 is 1. The van der Waals surface area contributed by atoms with Crippen molar-refractivity contribution in [2.45, 2.75) is 44.8 Å². The molecule has 0 bridgehead atoms. The van der Waals surface area contributed by atoms with Gasteiger partial charge >= 0.3 is 6.36 Å². The van der Waals surface area contributed by atoms with Crippen LogP contribution in [-0.2, 0) is 17.9 Å². The average molecular weight is 422 g/mol. The van der Waals surface area contributed by atoms with Crippen molar-refractivity contribution in [1.82, 2.24) is 10.2 Å². The van der Waals surface area contributed by atoms with Gasteiger partial charge in [0, 0.05) is 25.6 Å². The van der Waals surface area contributed by atoms with Crippen molar-refractivity contribution in [3.8, 4) is 11.5 Å². The summed E-state index contributed by atoms with van der Waals surface area (Å²) in [6, 6.07) is 13.6. The molecule has 3 rings (SSSR count). The first-order chi connectivity index (χ1) is 14.3. The number of alkyl halides is 3. The molecule has 0 aromatic heterocycles. The lowest BCUT2D eigenvalue weighted by atomic mass is 10.1. The minimum Gasteiger partial charge on any atom is -0.497 e. The van der Waals surface area contributed by atoms with Gasteiger partial charge in [-0.3, -0.25) is 4.79 Å². The SMILES string of the molecule is COc1cccc(CNCC[C@@H]2CCC(=O)N2Cc2cccc(OC(F)(F)F)c2)c1. The van der Waals surface area contributed by atoms with Gasteiger partial charge in [0.15, 0.2) is 0 Å². The molecule has 0 spiro atoms. The van der Waals surface area contributed by atoms with Crippen LogP contribution in [0.15, 0.2) is 48.5 Å². The van der Waals surface area contributed by atoms with Gasteiger partial charge in [0.2, 0.25) is 5.91 Å². The Bertz CT molecular complexity index is 858. The Morgan fingerprint density at radius 2 is 1.80 bits per heavy atom. The first kappa shape index (κ1) is 22.0. The van der Waals surface area contributed by atoms with Crippen molar-refractivity contribution >= 4 is 5.91 Å². The highest BCUT2D eigenvalue weighted by Crippen LogP contribution is 2.27. The minimum atomic E-state index is -4.74. The van der Waals surface area contributed by atoms with Gasteiger partial charge < -0.3 is 19.7 Å². The van der Waals surface area contributed by atoms with Crippen LogP contribution < -0.4 is 14.8 Å². The molecule has 5 nitrogen and oxygen atoms in total. The fraction of sp³-hybridized carbons (Fsp3) is 0.409. The van der Waals surface area contributed by atoms with Crippen LogP contribution in [0.2, 0.25) is 0 Å². The number of ether oxygens (including phenoxy) is 2. The van der Waals surface area contributed by atoms with E-state index in [2.05, 4.69) is 10.1 Å². The molecule has 1 amide bonds. The highest BCUT2D eigenvalue weighted by atomic mass is 19.4. The molecule has 2 aromatic carbocycles. The normalized spacial score (nSPS) is 16.7. The molecule has 162 valence electrons. The molecule has 1 fully saturated rings. The second-order valence-corrected chi connectivity index (χ2v) is 7.23. The van der Waals surface area contributed by atoms with Crippen LogP contribution in [0.5, 0.6) is 11.5 Å². The fourth-order valence-corrected chi connectivity index (χ4v) is 3.63. The molecule has 1 N–H and O–H groups in total. The van der Waals surface area contributed by atoms with E-state index in [9.17, 15) is 18.0 Å². The van der Waals surface area contributed by atoms with Crippen molar-refractivity contribution < 1.29 is 27.4 Å². The van der Waals surface area contributed by atoms with Crippen LogP contribution in [0.1, 0.15) is 30.4 Å². The van der Waals surface area contributed by atoms with E-state index in [1.165, 1.54) is 18.2 Å². The van der Waals surface area contributed by atoms with Crippen LogP contribution in [0, 0.1) is 0 Å². The number of likely N-dealkylation sites (tertiary alicyclic amines) is 1. The van der Waals surface area contributed by atoms with E-state index in [1.807, 2.05) is 24.3 Å². The molecule has 2 aromatic rings. The van der Waals surface area contributed by atoms with Crippen molar-refractivity contribution in [3.63, 3.8) is 0 Å². The Balaban J connectivity index is 1.52. The smallest absolute Gasteiger partial charge is 0.497 e. The Morgan fingerprint density at radius 3 is 2.53 bits per heavy atom. The third-order valence-electron chi connectivity index (χ3n) is 5.06. The second kappa shape index (κ2) is 9.84. The molecule has 0 aliphatic carbocycles. The van der Waals surface area contributed by atoms with E-state index in [0.29, 0.717) is 18.5 Å². The zero-order chi connectivity index (χ0) is 21.6. The van der Waals surface area contributed by atoms with Gasteiger partial charge in [0.25, 0.3) is 0 Å². The van der Waals surface area contributed by atoms with Crippen molar-refractivity contribution in [1.29, 1.82) is 0 Å². The predicted octanol–water partition coefficient (Wildman–Crippen LogP) is 4.26. The van der Waals surface area contributed by atoms with Crippen molar-refractivity contribution in [2.75, 3.05) is 13.7 Å². The average Bonchev–Trinajstić information content (AvgIpc) is 3.04. The number of carbonyl (C=O) groups is 1. The summed E-state index contributed by atoms with van der Waals surface area (Å²) < 4.78 is 46.5. The van der Waals surface area contributed by atoms with Crippen molar-refractivity contribution in [2.24, 2.45) is 0 Å². The van der Waals surface area contributed by atoms with E-state index < -0.39 is 6.36 Å². The fourth-order valence-electron chi connectivity index (χ4n) is 3.63. The van der Waals surface area contributed by atoms with E-state index in [0.717, 1.165) is 30.7 Å². The summed E-state index contributed by atoms with van der Waals surface area (Å²) in [5.74, 6) is 0.552. The quantitative estimate of drug-likeness (QED) is 0.614. The third kappa shape index (κ3) is 6.38. The zero-order valence-corrected chi connectivity index (χ0v) is 16.7. The van der Waals surface area contributed by atoms with Crippen LogP contribution >= 0.6 is 0 Å². The minimum absolute atomic E-state index is 0.0231. The third-order valence-corrected chi connectivity index (χ3v) is 5.06.